The molecule has 30 heavy (non-hydrogen) atoms. The Kier molecular flexibility index (Phi) is 8.70. The van der Waals surface area contributed by atoms with Gasteiger partial charge in [0.2, 0.25) is 0 Å². The van der Waals surface area contributed by atoms with Crippen molar-refractivity contribution in [1.29, 1.82) is 0 Å². The van der Waals surface area contributed by atoms with Crippen LogP contribution in [0.25, 0.3) is 0 Å². The Labute approximate surface area is 179 Å². The fraction of sp³-hybridized carbons (Fsp3) is 0.294. The number of carbonyl (C=O) groups excluding carboxylic acids is 3. The van der Waals surface area contributed by atoms with Crippen molar-refractivity contribution in [3.05, 3.63) is 45.0 Å². The van der Waals surface area contributed by atoms with Gasteiger partial charge in [-0.2, -0.15) is 0 Å². The second-order valence-electron chi connectivity index (χ2n) is 5.67. The van der Waals surface area contributed by atoms with E-state index in [1.54, 1.807) is 0 Å². The molecule has 13 heteroatoms. The smallest absolute Gasteiger partial charge is 0.338 e. The van der Waals surface area contributed by atoms with Crippen LogP contribution in [0.1, 0.15) is 16.1 Å². The van der Waals surface area contributed by atoms with Crippen LogP contribution in [0.5, 0.6) is 0 Å². The first kappa shape index (κ1) is 23.3. The summed E-state index contributed by atoms with van der Waals surface area (Å²) in [6.07, 6.45) is 0. The molecule has 3 amide bonds. The van der Waals surface area contributed by atoms with Crippen LogP contribution in [-0.2, 0) is 14.3 Å². The van der Waals surface area contributed by atoms with Crippen LogP contribution in [0.2, 0.25) is 0 Å². The summed E-state index contributed by atoms with van der Waals surface area (Å²) in [6, 6.07) is 3.08. The number of benzene rings is 1. The Morgan fingerprint density at radius 1 is 1.33 bits per heavy atom. The highest BCUT2D eigenvalue weighted by Crippen LogP contribution is 2.36. The number of hydrogen-bond donors (Lipinski definition) is 2. The molecule has 2 aromatic rings. The summed E-state index contributed by atoms with van der Waals surface area (Å²) in [5, 5.41) is 17.6. The van der Waals surface area contributed by atoms with Gasteiger partial charge in [0.15, 0.2) is 10.9 Å². The number of nitro groups is 1. The third kappa shape index (κ3) is 7.09. The molecule has 1 heterocycles. The zero-order valence-electron chi connectivity index (χ0n) is 16.0. The number of rotatable bonds is 9. The van der Waals surface area contributed by atoms with Gasteiger partial charge >= 0.3 is 12.0 Å². The average Bonchev–Trinajstić information content (AvgIpc) is 3.11. The van der Waals surface area contributed by atoms with Crippen LogP contribution in [0, 0.1) is 17.0 Å². The molecule has 1 aromatic carbocycles. The fourth-order valence-corrected chi connectivity index (χ4v) is 3.91. The summed E-state index contributed by atoms with van der Waals surface area (Å²) in [4.78, 5) is 50.6. The molecule has 1 aromatic heterocycles. The predicted octanol–water partition coefficient (Wildman–Crippen LogP) is 2.14. The lowest BCUT2D eigenvalue weighted by Crippen LogP contribution is -2.42. The van der Waals surface area contributed by atoms with Gasteiger partial charge in [0.05, 0.1) is 22.0 Å². The van der Waals surface area contributed by atoms with E-state index < -0.39 is 29.4 Å². The topological polar surface area (TPSA) is 150 Å². The normalized spacial score (nSPS) is 10.3. The summed E-state index contributed by atoms with van der Waals surface area (Å²) < 4.78 is 10.2. The number of ether oxygens (including phenoxy) is 2. The number of aryl methyl sites for hydroxylation is 1. The molecular formula is C17H18N4O7S2. The molecule has 0 aliphatic heterocycles. The lowest BCUT2D eigenvalue weighted by atomic mass is 10.2. The number of methoxy groups -OCH3 is 1. The van der Waals surface area contributed by atoms with E-state index in [2.05, 4.69) is 10.3 Å². The minimum Gasteiger partial charge on any atom is -0.452 e. The maximum Gasteiger partial charge on any atom is 0.338 e. The fourth-order valence-electron chi connectivity index (χ4n) is 2.03. The first-order valence-electron chi connectivity index (χ1n) is 8.42. The summed E-state index contributed by atoms with van der Waals surface area (Å²) in [6.45, 7) is 1.56. The van der Waals surface area contributed by atoms with E-state index in [1.807, 2.05) is 17.6 Å². The summed E-state index contributed by atoms with van der Waals surface area (Å²) in [5.41, 5.74) is 0.416. The molecule has 11 nitrogen and oxygen atoms in total. The Balaban J connectivity index is 1.97. The number of imide groups is 1. The molecule has 0 aliphatic rings. The van der Waals surface area contributed by atoms with E-state index in [-0.39, 0.29) is 24.4 Å². The van der Waals surface area contributed by atoms with Gasteiger partial charge in [0.1, 0.15) is 0 Å². The number of esters is 1. The Bertz CT molecular complexity index is 948. The molecule has 0 aliphatic carbocycles. The standard InChI is InChI=1S/C17H18N4O7S2/c1-10-9-29-17(19-10)30-13-4-3-11(7-12(13)21(25)26)15(23)28-8-14(22)20-16(24)18-5-6-27-2/h3-4,7,9H,5-6,8H2,1-2H3,(H2,18,20,22,24). The molecule has 0 spiro atoms. The van der Waals surface area contributed by atoms with E-state index >= 15 is 0 Å². The van der Waals surface area contributed by atoms with Crippen molar-refractivity contribution in [3.8, 4) is 0 Å². The van der Waals surface area contributed by atoms with Crippen molar-refractivity contribution >= 4 is 46.7 Å². The summed E-state index contributed by atoms with van der Waals surface area (Å²) in [7, 11) is 1.46. The molecule has 2 rings (SSSR count). The van der Waals surface area contributed by atoms with Gasteiger partial charge in [-0.1, -0.05) is 11.8 Å². The maximum atomic E-state index is 12.1. The molecule has 0 saturated heterocycles. The first-order chi connectivity index (χ1) is 14.3. The van der Waals surface area contributed by atoms with E-state index in [1.165, 1.54) is 30.6 Å². The van der Waals surface area contributed by atoms with Crippen molar-refractivity contribution in [2.24, 2.45) is 0 Å². The van der Waals surface area contributed by atoms with Crippen LogP contribution in [0.15, 0.2) is 32.8 Å². The number of carbonyl (C=O) groups is 3. The Hall–Kier alpha value is -3.03. The van der Waals surface area contributed by atoms with Gasteiger partial charge < -0.3 is 14.8 Å². The number of nitrogens with one attached hydrogen (secondary N) is 2. The molecule has 0 unspecified atom stereocenters. The highest BCUT2D eigenvalue weighted by atomic mass is 32.2. The van der Waals surface area contributed by atoms with E-state index in [0.717, 1.165) is 23.5 Å². The number of urea groups is 1. The van der Waals surface area contributed by atoms with Gasteiger partial charge in [-0.25, -0.2) is 14.6 Å². The molecule has 0 saturated carbocycles. The third-order valence-corrected chi connectivity index (χ3v) is 5.49. The van der Waals surface area contributed by atoms with Crippen molar-refractivity contribution in [1.82, 2.24) is 15.6 Å². The Morgan fingerprint density at radius 3 is 2.73 bits per heavy atom. The van der Waals surface area contributed by atoms with Crippen molar-refractivity contribution in [3.63, 3.8) is 0 Å². The number of nitro benzene ring substituents is 1. The number of hydrogen-bond acceptors (Lipinski definition) is 10. The predicted molar refractivity (Wildman–Crippen MR) is 108 cm³/mol. The van der Waals surface area contributed by atoms with Gasteiger partial charge in [-0.3, -0.25) is 20.2 Å². The summed E-state index contributed by atoms with van der Waals surface area (Å²) >= 11 is 2.46. The molecule has 0 fully saturated rings. The minimum atomic E-state index is -0.935. The van der Waals surface area contributed by atoms with E-state index in [4.69, 9.17) is 9.47 Å². The van der Waals surface area contributed by atoms with Crippen LogP contribution >= 0.6 is 23.1 Å². The van der Waals surface area contributed by atoms with Crippen molar-refractivity contribution < 1.29 is 28.8 Å². The largest absolute Gasteiger partial charge is 0.452 e. The zero-order chi connectivity index (χ0) is 22.1. The quantitative estimate of drug-likeness (QED) is 0.251. The first-order valence-corrected chi connectivity index (χ1v) is 10.1. The van der Waals surface area contributed by atoms with Crippen molar-refractivity contribution in [2.75, 3.05) is 26.9 Å². The molecule has 2 N–H and O–H groups in total. The zero-order valence-corrected chi connectivity index (χ0v) is 17.6. The van der Waals surface area contributed by atoms with E-state index in [9.17, 15) is 24.5 Å². The molecular weight excluding hydrogens is 436 g/mol. The van der Waals surface area contributed by atoms with Crippen LogP contribution in [0.4, 0.5) is 10.5 Å². The van der Waals surface area contributed by atoms with Gasteiger partial charge in [-0.05, 0) is 19.1 Å². The van der Waals surface area contributed by atoms with Crippen LogP contribution in [-0.4, -0.2) is 54.7 Å². The molecule has 0 radical (unpaired) electrons. The lowest BCUT2D eigenvalue weighted by molar-refractivity contribution is -0.387. The second-order valence-corrected chi connectivity index (χ2v) is 7.82. The van der Waals surface area contributed by atoms with Gasteiger partial charge in [0, 0.05) is 30.8 Å². The highest BCUT2D eigenvalue weighted by Gasteiger charge is 2.21. The van der Waals surface area contributed by atoms with Gasteiger partial charge in [-0.15, -0.1) is 11.3 Å². The SMILES string of the molecule is COCCNC(=O)NC(=O)COC(=O)c1ccc(Sc2nc(C)cs2)c([N+](=O)[O-])c1. The number of thiazole rings is 1. The van der Waals surface area contributed by atoms with Gasteiger partial charge in [0.25, 0.3) is 11.6 Å². The van der Waals surface area contributed by atoms with Crippen LogP contribution < -0.4 is 10.6 Å². The molecule has 0 bridgehead atoms. The monoisotopic (exact) mass is 454 g/mol. The minimum absolute atomic E-state index is 0.0984. The number of nitrogens with zero attached hydrogens (tertiary/aromatic N) is 2. The lowest BCUT2D eigenvalue weighted by Gasteiger charge is -2.08. The summed E-state index contributed by atoms with van der Waals surface area (Å²) in [5.74, 6) is -1.78. The van der Waals surface area contributed by atoms with E-state index in [0.29, 0.717) is 9.24 Å². The number of amides is 3. The molecule has 0 atom stereocenters. The average molecular weight is 454 g/mol. The number of aromatic nitrogens is 1. The van der Waals surface area contributed by atoms with Crippen molar-refractivity contribution in [2.45, 2.75) is 16.2 Å². The molecule has 160 valence electrons. The maximum absolute atomic E-state index is 12.1. The second kappa shape index (κ2) is 11.2. The Morgan fingerprint density at radius 2 is 2.10 bits per heavy atom. The highest BCUT2D eigenvalue weighted by molar-refractivity contribution is 8.01. The third-order valence-electron chi connectivity index (χ3n) is 3.37. The van der Waals surface area contributed by atoms with Crippen LogP contribution in [0.3, 0.4) is 0 Å².